The topological polar surface area (TPSA) is 35.8 Å². The molecule has 0 saturated heterocycles. The van der Waals surface area contributed by atoms with Crippen LogP contribution in [0.2, 0.25) is 5.02 Å². The van der Waals surface area contributed by atoms with Crippen LogP contribution >= 0.6 is 11.6 Å². The molecule has 0 spiro atoms. The minimum atomic E-state index is -0.0153. The normalized spacial score (nSPS) is 11.1. The van der Waals surface area contributed by atoms with Crippen molar-refractivity contribution < 1.29 is 5.11 Å². The van der Waals surface area contributed by atoms with E-state index in [-0.39, 0.29) is 6.61 Å². The molecule has 0 amide bonds. The Hall–Kier alpha value is -1.06. The second kappa shape index (κ2) is 5.87. The Morgan fingerprint density at radius 3 is 2.75 bits per heavy atom. The predicted molar refractivity (Wildman–Crippen MR) is 68.6 cm³/mol. The maximum Gasteiger partial charge on any atom is 0.0909 e. The zero-order valence-electron chi connectivity index (χ0n) is 9.87. The van der Waals surface area contributed by atoms with Gasteiger partial charge < -0.3 is 10.0 Å². The first-order valence-electron chi connectivity index (χ1n) is 5.22. The summed E-state index contributed by atoms with van der Waals surface area (Å²) < 4.78 is 0. The van der Waals surface area contributed by atoms with Crippen LogP contribution in [-0.2, 0) is 6.61 Å². The molecule has 16 heavy (non-hydrogen) atoms. The summed E-state index contributed by atoms with van der Waals surface area (Å²) in [4.78, 5) is 6.32. The van der Waals surface area contributed by atoms with Crippen LogP contribution in [0.3, 0.4) is 0 Å². The van der Waals surface area contributed by atoms with E-state index in [4.69, 9.17) is 16.7 Å². The van der Waals surface area contributed by atoms with Crippen LogP contribution in [0.4, 0.5) is 5.69 Å². The molecule has 1 aromatic rings. The summed E-state index contributed by atoms with van der Waals surface area (Å²) in [5.41, 5.74) is 2.59. The quantitative estimate of drug-likeness (QED) is 0.649. The van der Waals surface area contributed by atoms with Gasteiger partial charge in [0.25, 0.3) is 0 Å². The average Bonchev–Trinajstić information content (AvgIpc) is 2.29. The van der Waals surface area contributed by atoms with Gasteiger partial charge in [0, 0.05) is 18.6 Å². The van der Waals surface area contributed by atoms with Crippen molar-refractivity contribution in [3.63, 3.8) is 0 Å². The molecule has 3 nitrogen and oxygen atoms in total. The molecule has 0 aromatic heterocycles. The number of nitrogens with zero attached hydrogens (tertiary/aromatic N) is 2. The van der Waals surface area contributed by atoms with E-state index in [0.717, 1.165) is 23.4 Å². The summed E-state index contributed by atoms with van der Waals surface area (Å²) in [6.07, 6.45) is 1.76. The lowest BCUT2D eigenvalue weighted by molar-refractivity contribution is 0.281. The van der Waals surface area contributed by atoms with E-state index in [9.17, 15) is 0 Å². The number of hydrogen-bond acceptors (Lipinski definition) is 2. The number of aliphatic hydroxyl groups excluding tert-OH is 1. The predicted octanol–water partition coefficient (Wildman–Crippen LogP) is 2.75. The van der Waals surface area contributed by atoms with Crippen molar-refractivity contribution in [2.45, 2.75) is 20.5 Å². The third-order valence-electron chi connectivity index (χ3n) is 2.52. The summed E-state index contributed by atoms with van der Waals surface area (Å²) in [6.45, 7) is 4.87. The number of halogens is 1. The van der Waals surface area contributed by atoms with Crippen LogP contribution in [0.1, 0.15) is 18.1 Å². The molecule has 1 rings (SSSR count). The second-order valence-electron chi connectivity index (χ2n) is 3.68. The number of aliphatic hydroxyl groups is 1. The van der Waals surface area contributed by atoms with Gasteiger partial charge in [0.15, 0.2) is 0 Å². The van der Waals surface area contributed by atoms with Crippen molar-refractivity contribution in [3.8, 4) is 0 Å². The van der Waals surface area contributed by atoms with Crippen molar-refractivity contribution in [1.29, 1.82) is 0 Å². The lowest BCUT2D eigenvalue weighted by Gasteiger charge is -2.10. The fourth-order valence-corrected chi connectivity index (χ4v) is 1.50. The van der Waals surface area contributed by atoms with Gasteiger partial charge in [-0.05, 0) is 37.1 Å². The third-order valence-corrected chi connectivity index (χ3v) is 2.73. The monoisotopic (exact) mass is 240 g/mol. The van der Waals surface area contributed by atoms with Crippen molar-refractivity contribution in [2.24, 2.45) is 4.99 Å². The first kappa shape index (κ1) is 13.0. The van der Waals surface area contributed by atoms with Crippen LogP contribution < -0.4 is 0 Å². The molecule has 0 bridgehead atoms. The minimum Gasteiger partial charge on any atom is -0.392 e. The van der Waals surface area contributed by atoms with Gasteiger partial charge in [-0.3, -0.25) is 0 Å². The Bertz CT molecular complexity index is 391. The van der Waals surface area contributed by atoms with Gasteiger partial charge in [-0.1, -0.05) is 11.6 Å². The second-order valence-corrected chi connectivity index (χ2v) is 4.12. The lowest BCUT2D eigenvalue weighted by Crippen LogP contribution is -2.14. The molecule has 0 fully saturated rings. The Labute approximate surface area is 101 Å². The maximum absolute atomic E-state index is 9.17. The average molecular weight is 241 g/mol. The molecule has 0 aliphatic carbocycles. The third kappa shape index (κ3) is 3.22. The van der Waals surface area contributed by atoms with Crippen molar-refractivity contribution in [3.05, 3.63) is 28.3 Å². The molecule has 0 atom stereocenters. The Balaban J connectivity index is 3.04. The Kier molecular flexibility index (Phi) is 4.77. The molecule has 4 heteroatoms. The zero-order valence-corrected chi connectivity index (χ0v) is 10.6. The number of hydrogen-bond donors (Lipinski definition) is 1. The molecular formula is C12H17ClN2O. The van der Waals surface area contributed by atoms with Gasteiger partial charge >= 0.3 is 0 Å². The van der Waals surface area contributed by atoms with Gasteiger partial charge in [0.05, 0.1) is 18.6 Å². The minimum absolute atomic E-state index is 0.0153. The first-order valence-corrected chi connectivity index (χ1v) is 5.60. The highest BCUT2D eigenvalue weighted by atomic mass is 35.5. The molecule has 0 heterocycles. The fourth-order valence-electron chi connectivity index (χ4n) is 1.26. The van der Waals surface area contributed by atoms with Crippen LogP contribution in [0.5, 0.6) is 0 Å². The highest BCUT2D eigenvalue weighted by molar-refractivity contribution is 6.31. The SMILES string of the molecule is CCN(C)C=Nc1cc(Cl)cc(CO)c1C. The number of benzene rings is 1. The molecule has 0 aliphatic rings. The van der Waals surface area contributed by atoms with Crippen LogP contribution in [-0.4, -0.2) is 29.9 Å². The summed E-state index contributed by atoms with van der Waals surface area (Å²) in [5.74, 6) is 0. The first-order chi connectivity index (χ1) is 7.58. The van der Waals surface area contributed by atoms with Crippen LogP contribution in [0.25, 0.3) is 0 Å². The fraction of sp³-hybridized carbons (Fsp3) is 0.417. The van der Waals surface area contributed by atoms with Crippen LogP contribution in [0.15, 0.2) is 17.1 Å². The summed E-state index contributed by atoms with van der Waals surface area (Å²) >= 11 is 5.95. The van der Waals surface area contributed by atoms with E-state index < -0.39 is 0 Å². The van der Waals surface area contributed by atoms with E-state index in [1.165, 1.54) is 0 Å². The molecule has 0 radical (unpaired) electrons. The smallest absolute Gasteiger partial charge is 0.0909 e. The number of rotatable bonds is 4. The summed E-state index contributed by atoms with van der Waals surface area (Å²) in [7, 11) is 1.95. The van der Waals surface area contributed by atoms with Gasteiger partial charge in [-0.25, -0.2) is 4.99 Å². The molecule has 0 saturated carbocycles. The standard InChI is InChI=1S/C12H17ClN2O/c1-4-15(3)8-14-12-6-11(13)5-10(7-16)9(12)2/h5-6,8,16H,4,7H2,1-3H3. The highest BCUT2D eigenvalue weighted by Crippen LogP contribution is 2.26. The Morgan fingerprint density at radius 2 is 2.19 bits per heavy atom. The lowest BCUT2D eigenvalue weighted by atomic mass is 10.1. The molecular weight excluding hydrogens is 224 g/mol. The van der Waals surface area contributed by atoms with Gasteiger partial charge in [-0.2, -0.15) is 0 Å². The summed E-state index contributed by atoms with van der Waals surface area (Å²) in [5, 5.41) is 9.77. The largest absolute Gasteiger partial charge is 0.392 e. The van der Waals surface area contributed by atoms with Gasteiger partial charge in [-0.15, -0.1) is 0 Å². The highest BCUT2D eigenvalue weighted by Gasteiger charge is 2.04. The van der Waals surface area contributed by atoms with Crippen LogP contribution in [0, 0.1) is 6.92 Å². The van der Waals surface area contributed by atoms with E-state index in [0.29, 0.717) is 5.02 Å². The molecule has 88 valence electrons. The molecule has 0 aliphatic heterocycles. The maximum atomic E-state index is 9.17. The van der Waals surface area contributed by atoms with Crippen molar-refractivity contribution in [1.82, 2.24) is 4.90 Å². The Morgan fingerprint density at radius 1 is 1.50 bits per heavy atom. The molecule has 1 N–H and O–H groups in total. The van der Waals surface area contributed by atoms with Crippen molar-refractivity contribution >= 4 is 23.6 Å². The molecule has 1 aromatic carbocycles. The van der Waals surface area contributed by atoms with E-state index >= 15 is 0 Å². The molecule has 0 unspecified atom stereocenters. The van der Waals surface area contributed by atoms with Crippen molar-refractivity contribution in [2.75, 3.05) is 13.6 Å². The van der Waals surface area contributed by atoms with E-state index in [1.807, 2.05) is 18.9 Å². The zero-order chi connectivity index (χ0) is 12.1. The van der Waals surface area contributed by atoms with Gasteiger partial charge in [0.1, 0.15) is 0 Å². The number of aliphatic imine (C=N–C) groups is 1. The summed E-state index contributed by atoms with van der Waals surface area (Å²) in [6, 6.07) is 3.56. The van der Waals surface area contributed by atoms with Gasteiger partial charge in [0.2, 0.25) is 0 Å². The van der Waals surface area contributed by atoms with E-state index in [2.05, 4.69) is 11.9 Å². The van der Waals surface area contributed by atoms with E-state index in [1.54, 1.807) is 18.5 Å².